The molecule has 1 spiro atoms. The lowest BCUT2D eigenvalue weighted by Crippen LogP contribution is -2.38. The van der Waals surface area contributed by atoms with Crippen molar-refractivity contribution in [1.82, 2.24) is 19.8 Å². The van der Waals surface area contributed by atoms with Gasteiger partial charge in [0.1, 0.15) is 11.6 Å². The highest BCUT2D eigenvalue weighted by atomic mass is 35.5. The van der Waals surface area contributed by atoms with E-state index in [0.29, 0.717) is 17.4 Å². The number of aromatic nitrogens is 2. The van der Waals surface area contributed by atoms with Gasteiger partial charge in [-0.05, 0) is 61.4 Å². The summed E-state index contributed by atoms with van der Waals surface area (Å²) in [5.41, 5.74) is 1.70. The van der Waals surface area contributed by atoms with E-state index in [9.17, 15) is 4.39 Å². The minimum absolute atomic E-state index is 0. The van der Waals surface area contributed by atoms with Gasteiger partial charge < -0.3 is 9.88 Å². The second-order valence-electron chi connectivity index (χ2n) is 8.17. The summed E-state index contributed by atoms with van der Waals surface area (Å²) in [6, 6.07) is 7.63. The van der Waals surface area contributed by atoms with Crippen LogP contribution in [-0.2, 0) is 13.6 Å². The van der Waals surface area contributed by atoms with Crippen molar-refractivity contribution in [2.75, 3.05) is 19.6 Å². The molecule has 1 aromatic heterocycles. The van der Waals surface area contributed by atoms with Crippen molar-refractivity contribution in [3.8, 4) is 0 Å². The Morgan fingerprint density at radius 3 is 2.63 bits per heavy atom. The van der Waals surface area contributed by atoms with Crippen molar-refractivity contribution in [1.29, 1.82) is 0 Å². The highest BCUT2D eigenvalue weighted by Crippen LogP contribution is 2.56. The van der Waals surface area contributed by atoms with Gasteiger partial charge in [0.2, 0.25) is 0 Å². The third-order valence-corrected chi connectivity index (χ3v) is 6.40. The lowest BCUT2D eigenvalue weighted by Gasteiger charge is -2.31. The maximum atomic E-state index is 13.3. The van der Waals surface area contributed by atoms with Gasteiger partial charge in [0.15, 0.2) is 0 Å². The molecule has 2 heterocycles. The van der Waals surface area contributed by atoms with Crippen LogP contribution in [0, 0.1) is 11.2 Å². The van der Waals surface area contributed by atoms with Crippen LogP contribution in [0.1, 0.15) is 43.5 Å². The number of nitrogens with zero attached hydrogens (tertiary/aromatic N) is 3. The number of halogens is 2. The van der Waals surface area contributed by atoms with Gasteiger partial charge in [0.05, 0.1) is 6.54 Å². The fourth-order valence-corrected chi connectivity index (χ4v) is 4.59. The summed E-state index contributed by atoms with van der Waals surface area (Å²) in [6.07, 6.45) is 7.75. The molecule has 4 rings (SSSR count). The third-order valence-electron chi connectivity index (χ3n) is 6.40. The van der Waals surface area contributed by atoms with Crippen LogP contribution in [0.2, 0.25) is 0 Å². The first kappa shape index (κ1) is 20.3. The van der Waals surface area contributed by atoms with Crippen LogP contribution in [0.5, 0.6) is 0 Å². The lowest BCUT2D eigenvalue weighted by atomic mass is 9.93. The van der Waals surface area contributed by atoms with Gasteiger partial charge in [0, 0.05) is 32.0 Å². The van der Waals surface area contributed by atoms with Gasteiger partial charge in [-0.25, -0.2) is 9.37 Å². The lowest BCUT2D eigenvalue weighted by molar-refractivity contribution is 0.182. The zero-order valence-electron chi connectivity index (χ0n) is 16.2. The van der Waals surface area contributed by atoms with Crippen molar-refractivity contribution in [3.05, 3.63) is 53.9 Å². The van der Waals surface area contributed by atoms with Crippen molar-refractivity contribution in [2.45, 2.75) is 44.7 Å². The first-order valence-electron chi connectivity index (χ1n) is 9.74. The van der Waals surface area contributed by atoms with Gasteiger partial charge in [-0.1, -0.05) is 19.1 Å². The second-order valence-corrected chi connectivity index (χ2v) is 8.17. The molecule has 1 aromatic carbocycles. The fourth-order valence-electron chi connectivity index (χ4n) is 4.59. The fraction of sp³-hybridized carbons (Fsp3) is 0.571. The van der Waals surface area contributed by atoms with Crippen LogP contribution in [-0.4, -0.2) is 40.1 Å². The van der Waals surface area contributed by atoms with E-state index < -0.39 is 0 Å². The first-order chi connectivity index (χ1) is 12.6. The predicted octanol–water partition coefficient (Wildman–Crippen LogP) is 3.73. The summed E-state index contributed by atoms with van der Waals surface area (Å²) in [6.45, 7) is 6.39. The molecular formula is C21H30ClFN4. The molecule has 1 aliphatic heterocycles. The van der Waals surface area contributed by atoms with Gasteiger partial charge in [-0.3, -0.25) is 4.90 Å². The quantitative estimate of drug-likeness (QED) is 0.813. The Balaban J connectivity index is 0.00000210. The van der Waals surface area contributed by atoms with E-state index in [-0.39, 0.29) is 18.2 Å². The van der Waals surface area contributed by atoms with Crippen molar-refractivity contribution < 1.29 is 4.39 Å². The smallest absolute Gasteiger partial charge is 0.123 e. The summed E-state index contributed by atoms with van der Waals surface area (Å²) in [7, 11) is 2.07. The van der Waals surface area contributed by atoms with Crippen LogP contribution in [0.3, 0.4) is 0 Å². The Morgan fingerprint density at radius 1 is 1.30 bits per heavy atom. The van der Waals surface area contributed by atoms with Gasteiger partial charge >= 0.3 is 0 Å². The number of imidazole rings is 1. The molecule has 2 aliphatic rings. The monoisotopic (exact) mass is 392 g/mol. The molecule has 1 aliphatic carbocycles. The molecule has 27 heavy (non-hydrogen) atoms. The highest BCUT2D eigenvalue weighted by Gasteiger charge is 2.56. The average molecular weight is 393 g/mol. The van der Waals surface area contributed by atoms with E-state index in [0.717, 1.165) is 32.0 Å². The van der Waals surface area contributed by atoms with Crippen LogP contribution in [0.25, 0.3) is 0 Å². The molecule has 6 heteroatoms. The first-order valence-corrected chi connectivity index (χ1v) is 9.74. The molecule has 2 atom stereocenters. The van der Waals surface area contributed by atoms with E-state index in [4.69, 9.17) is 0 Å². The third kappa shape index (κ3) is 4.36. The molecule has 4 nitrogen and oxygen atoms in total. The Morgan fingerprint density at radius 2 is 2.00 bits per heavy atom. The standard InChI is InChI=1S/C21H29FN4.ClH/c1-16(17-3-5-18(22)6-4-17)14-26(15-20-24-11-12-25(20)2)19-13-21(19)7-9-23-10-8-21;/h3-6,11-12,16,19,23H,7-10,13-15H2,1-2H3;1H. The molecule has 2 fully saturated rings. The summed E-state index contributed by atoms with van der Waals surface area (Å²) in [4.78, 5) is 7.18. The Kier molecular flexibility index (Phi) is 6.24. The molecule has 0 amide bonds. The van der Waals surface area contributed by atoms with Crippen LogP contribution >= 0.6 is 12.4 Å². The Bertz CT molecular complexity index is 739. The SMILES string of the molecule is CC(CN(Cc1nccn1C)C1CC12CCNCC2)c1ccc(F)cc1.Cl. The van der Waals surface area contributed by atoms with Crippen LogP contribution < -0.4 is 5.32 Å². The average Bonchev–Trinajstić information content (AvgIpc) is 3.17. The number of benzene rings is 1. The molecule has 1 saturated carbocycles. The molecule has 148 valence electrons. The highest BCUT2D eigenvalue weighted by molar-refractivity contribution is 5.85. The molecule has 0 radical (unpaired) electrons. The van der Waals surface area contributed by atoms with Gasteiger partial charge in [-0.2, -0.15) is 0 Å². The van der Waals surface area contributed by atoms with Crippen molar-refractivity contribution in [3.63, 3.8) is 0 Å². The Hall–Kier alpha value is -1.43. The number of piperidine rings is 1. The van der Waals surface area contributed by atoms with Crippen molar-refractivity contribution >= 4 is 12.4 Å². The number of nitrogens with one attached hydrogen (secondary N) is 1. The number of hydrogen-bond donors (Lipinski definition) is 1. The maximum Gasteiger partial charge on any atom is 0.123 e. The van der Waals surface area contributed by atoms with Gasteiger partial charge in [-0.15, -0.1) is 12.4 Å². The zero-order valence-corrected chi connectivity index (χ0v) is 17.0. The van der Waals surface area contributed by atoms with E-state index >= 15 is 0 Å². The summed E-state index contributed by atoms with van der Waals surface area (Å²) >= 11 is 0. The predicted molar refractivity (Wildman–Crippen MR) is 109 cm³/mol. The molecule has 0 bridgehead atoms. The Labute approximate surface area is 167 Å². The van der Waals surface area contributed by atoms with E-state index in [1.54, 1.807) is 12.1 Å². The summed E-state index contributed by atoms with van der Waals surface area (Å²) in [5.74, 6) is 1.32. The van der Waals surface area contributed by atoms with Crippen LogP contribution in [0.15, 0.2) is 36.7 Å². The van der Waals surface area contributed by atoms with E-state index in [1.165, 1.54) is 24.8 Å². The molecule has 2 aromatic rings. The topological polar surface area (TPSA) is 33.1 Å². The summed E-state index contributed by atoms with van der Waals surface area (Å²) < 4.78 is 15.4. The number of aryl methyl sites for hydroxylation is 1. The minimum atomic E-state index is -0.165. The summed E-state index contributed by atoms with van der Waals surface area (Å²) in [5, 5.41) is 3.50. The molecule has 1 N–H and O–H groups in total. The van der Waals surface area contributed by atoms with E-state index in [1.807, 2.05) is 24.5 Å². The van der Waals surface area contributed by atoms with Crippen LogP contribution in [0.4, 0.5) is 4.39 Å². The number of hydrogen-bond acceptors (Lipinski definition) is 3. The normalized spacial score (nSPS) is 21.9. The van der Waals surface area contributed by atoms with Gasteiger partial charge in [0.25, 0.3) is 0 Å². The maximum absolute atomic E-state index is 13.3. The molecule has 1 saturated heterocycles. The van der Waals surface area contributed by atoms with Crippen molar-refractivity contribution in [2.24, 2.45) is 12.5 Å². The molecule has 2 unspecified atom stereocenters. The minimum Gasteiger partial charge on any atom is -0.337 e. The molecular weight excluding hydrogens is 363 g/mol. The second kappa shape index (κ2) is 8.29. The largest absolute Gasteiger partial charge is 0.337 e. The zero-order chi connectivity index (χ0) is 18.1. The number of rotatable bonds is 6. The van der Waals surface area contributed by atoms with E-state index in [2.05, 4.69) is 33.7 Å².